The van der Waals surface area contributed by atoms with E-state index < -0.39 is 11.6 Å². The maximum Gasteiger partial charge on any atom is 0.230 e. The van der Waals surface area contributed by atoms with Crippen LogP contribution in [0.1, 0.15) is 16.8 Å². The number of nitrogens with zero attached hydrogens (tertiary/aromatic N) is 2. The molecule has 0 saturated heterocycles. The predicted octanol–water partition coefficient (Wildman–Crippen LogP) is 2.77. The quantitative estimate of drug-likeness (QED) is 0.701. The van der Waals surface area contributed by atoms with Gasteiger partial charge in [-0.3, -0.25) is 4.98 Å². The molecule has 3 rings (SSSR count). The van der Waals surface area contributed by atoms with E-state index in [0.29, 0.717) is 22.2 Å². The van der Waals surface area contributed by atoms with Crippen molar-refractivity contribution < 1.29 is 18.3 Å². The van der Waals surface area contributed by atoms with Gasteiger partial charge in [0, 0.05) is 23.2 Å². The molecule has 3 N–H and O–H groups in total. The highest BCUT2D eigenvalue weighted by Gasteiger charge is 2.13. The Morgan fingerprint density at radius 3 is 2.80 bits per heavy atom. The summed E-state index contributed by atoms with van der Waals surface area (Å²) in [5.41, 5.74) is 7.06. The summed E-state index contributed by atoms with van der Waals surface area (Å²) >= 11 is 5.01. The van der Waals surface area contributed by atoms with Crippen molar-refractivity contribution in [2.45, 2.75) is 13.5 Å². The Bertz CT molecular complexity index is 1060. The highest BCUT2D eigenvalue weighted by Crippen LogP contribution is 2.22. The fourth-order valence-electron chi connectivity index (χ4n) is 2.35. The van der Waals surface area contributed by atoms with E-state index in [1.54, 1.807) is 13.0 Å². The van der Waals surface area contributed by atoms with Gasteiger partial charge in [0.15, 0.2) is 5.58 Å². The van der Waals surface area contributed by atoms with E-state index in [0.717, 1.165) is 18.2 Å². The van der Waals surface area contributed by atoms with Crippen LogP contribution in [-0.2, 0) is 6.61 Å². The van der Waals surface area contributed by atoms with Crippen LogP contribution in [0.25, 0.3) is 11.0 Å². The number of aliphatic hydroxyl groups is 1. The molecule has 0 spiro atoms. The molecule has 8 heteroatoms. The van der Waals surface area contributed by atoms with Crippen LogP contribution < -0.4 is 11.3 Å². The second-order valence-electron chi connectivity index (χ2n) is 5.31. The van der Waals surface area contributed by atoms with Gasteiger partial charge in [0.05, 0.1) is 17.9 Å². The summed E-state index contributed by atoms with van der Waals surface area (Å²) in [4.78, 5) is 8.14. The van der Waals surface area contributed by atoms with E-state index >= 15 is 0 Å². The Morgan fingerprint density at radius 1 is 1.36 bits per heavy atom. The number of thiocarbonyl (C=S) groups is 1. The fourth-order valence-corrected chi connectivity index (χ4v) is 2.50. The molecular weight excluding hydrogens is 348 g/mol. The van der Waals surface area contributed by atoms with Crippen LogP contribution in [0, 0.1) is 18.6 Å². The van der Waals surface area contributed by atoms with Gasteiger partial charge in [-0.2, -0.15) is 0 Å². The highest BCUT2D eigenvalue weighted by molar-refractivity contribution is 7.80. The van der Waals surface area contributed by atoms with E-state index in [1.165, 1.54) is 6.20 Å². The molecule has 0 aliphatic carbocycles. The number of aromatic nitrogens is 1. The van der Waals surface area contributed by atoms with Crippen LogP contribution in [0.2, 0.25) is 0 Å². The number of rotatable bonds is 3. The summed E-state index contributed by atoms with van der Waals surface area (Å²) in [6.07, 6.45) is 1.51. The minimum absolute atomic E-state index is 0.0282. The molecule has 0 aliphatic heterocycles. The van der Waals surface area contributed by atoms with Gasteiger partial charge in [0.2, 0.25) is 5.55 Å². The number of pyridine rings is 1. The van der Waals surface area contributed by atoms with E-state index in [2.05, 4.69) is 9.98 Å². The molecule has 0 amide bonds. The summed E-state index contributed by atoms with van der Waals surface area (Å²) in [6, 6.07) is 4.49. The van der Waals surface area contributed by atoms with Gasteiger partial charge >= 0.3 is 0 Å². The zero-order valence-electron chi connectivity index (χ0n) is 13.1. The molecule has 0 fully saturated rings. The number of nitrogens with two attached hydrogens (primary N) is 1. The first-order valence-electron chi connectivity index (χ1n) is 7.23. The number of fused-ring (bicyclic) bond motifs is 1. The maximum atomic E-state index is 13.9. The molecule has 3 aromatic rings. The third-order valence-electron chi connectivity index (χ3n) is 3.62. The standard InChI is InChI=1S/C17H13F2N3O2S/c1-8-15-11(9(7-23)6-21-8)5-12(16(20)25)17(24-15)22-14-4-10(18)2-3-13(14)19/h2-6,23H,7H2,1H3,(H2,20,25). The van der Waals surface area contributed by atoms with Crippen molar-refractivity contribution in [1.29, 1.82) is 0 Å². The Hall–Kier alpha value is -2.71. The molecule has 1 aromatic carbocycles. The lowest BCUT2D eigenvalue weighted by atomic mass is 10.1. The second-order valence-corrected chi connectivity index (χ2v) is 5.75. The molecule has 0 radical (unpaired) electrons. The van der Waals surface area contributed by atoms with Crippen molar-refractivity contribution in [3.05, 3.63) is 64.5 Å². The molecular formula is C17H13F2N3O2S. The van der Waals surface area contributed by atoms with Gasteiger partial charge in [0.25, 0.3) is 0 Å². The monoisotopic (exact) mass is 361 g/mol. The minimum Gasteiger partial charge on any atom is -0.436 e. The first-order valence-corrected chi connectivity index (χ1v) is 7.64. The lowest BCUT2D eigenvalue weighted by Gasteiger charge is -2.08. The molecule has 0 aliphatic rings. The second kappa shape index (κ2) is 6.66. The van der Waals surface area contributed by atoms with E-state index in [-0.39, 0.29) is 28.4 Å². The largest absolute Gasteiger partial charge is 0.436 e. The summed E-state index contributed by atoms with van der Waals surface area (Å²) in [5, 5.41) is 10.0. The van der Waals surface area contributed by atoms with Crippen molar-refractivity contribution >= 4 is 33.9 Å². The van der Waals surface area contributed by atoms with Crippen LogP contribution in [0.3, 0.4) is 0 Å². The molecule has 0 unspecified atom stereocenters. The van der Waals surface area contributed by atoms with E-state index in [9.17, 15) is 13.9 Å². The lowest BCUT2D eigenvalue weighted by molar-refractivity contribution is 0.282. The maximum absolute atomic E-state index is 13.9. The van der Waals surface area contributed by atoms with E-state index in [1.807, 2.05) is 0 Å². The fraction of sp³-hybridized carbons (Fsp3) is 0.118. The number of aliphatic hydroxyl groups excluding tert-OH is 1. The minimum atomic E-state index is -0.718. The summed E-state index contributed by atoms with van der Waals surface area (Å²) in [6.45, 7) is 1.45. The first-order chi connectivity index (χ1) is 11.9. The van der Waals surface area contributed by atoms with Crippen molar-refractivity contribution in [2.75, 3.05) is 0 Å². The van der Waals surface area contributed by atoms with Crippen LogP contribution in [0.5, 0.6) is 0 Å². The van der Waals surface area contributed by atoms with E-state index in [4.69, 9.17) is 22.4 Å². The van der Waals surface area contributed by atoms with Crippen molar-refractivity contribution in [3.8, 4) is 0 Å². The van der Waals surface area contributed by atoms with Gasteiger partial charge in [-0.15, -0.1) is 0 Å². The summed E-state index contributed by atoms with van der Waals surface area (Å²) in [7, 11) is 0. The third-order valence-corrected chi connectivity index (χ3v) is 3.84. The van der Waals surface area contributed by atoms with Gasteiger partial charge in [-0.25, -0.2) is 13.8 Å². The number of halogens is 2. The normalized spacial score (nSPS) is 11.9. The Morgan fingerprint density at radius 2 is 2.12 bits per heavy atom. The van der Waals surface area contributed by atoms with Gasteiger partial charge in [-0.05, 0) is 25.1 Å². The Labute approximate surface area is 146 Å². The number of aryl methyl sites for hydroxylation is 1. The van der Waals surface area contributed by atoms with Crippen molar-refractivity contribution in [2.24, 2.45) is 10.7 Å². The Kier molecular flexibility index (Phi) is 4.56. The Balaban J connectivity index is 2.39. The molecule has 5 nitrogen and oxygen atoms in total. The van der Waals surface area contributed by atoms with Gasteiger partial charge in [0.1, 0.15) is 22.3 Å². The average Bonchev–Trinajstić information content (AvgIpc) is 2.58. The molecule has 2 aromatic heterocycles. The topological polar surface area (TPSA) is 84.6 Å². The third kappa shape index (κ3) is 3.26. The molecule has 2 heterocycles. The van der Waals surface area contributed by atoms with Crippen molar-refractivity contribution in [1.82, 2.24) is 4.98 Å². The molecule has 0 saturated carbocycles. The number of benzene rings is 1. The van der Waals surface area contributed by atoms with Crippen LogP contribution in [-0.4, -0.2) is 15.1 Å². The summed E-state index contributed by atoms with van der Waals surface area (Å²) in [5.74, 6) is -1.36. The number of hydrogen-bond donors (Lipinski definition) is 2. The lowest BCUT2D eigenvalue weighted by Crippen LogP contribution is -2.21. The predicted molar refractivity (Wildman–Crippen MR) is 92.1 cm³/mol. The van der Waals surface area contributed by atoms with Crippen LogP contribution in [0.15, 0.2) is 39.9 Å². The first kappa shape index (κ1) is 17.1. The zero-order chi connectivity index (χ0) is 18.1. The highest BCUT2D eigenvalue weighted by atomic mass is 32.1. The zero-order valence-corrected chi connectivity index (χ0v) is 13.9. The SMILES string of the molecule is Cc1ncc(CO)c2cc(C(N)=S)c(=Nc3cc(F)ccc3F)oc12. The van der Waals surface area contributed by atoms with Crippen molar-refractivity contribution in [3.63, 3.8) is 0 Å². The number of hydrogen-bond acceptors (Lipinski definition) is 5. The smallest absolute Gasteiger partial charge is 0.230 e. The van der Waals surface area contributed by atoms with Gasteiger partial charge in [-0.1, -0.05) is 12.2 Å². The van der Waals surface area contributed by atoms with Crippen LogP contribution in [0.4, 0.5) is 14.5 Å². The van der Waals surface area contributed by atoms with Gasteiger partial charge < -0.3 is 15.3 Å². The average molecular weight is 361 g/mol. The molecule has 0 bridgehead atoms. The van der Waals surface area contributed by atoms with Crippen LogP contribution >= 0.6 is 12.2 Å². The molecule has 0 atom stereocenters. The molecule has 25 heavy (non-hydrogen) atoms. The molecule has 128 valence electrons. The summed E-state index contributed by atoms with van der Waals surface area (Å²) < 4.78 is 33.0.